The van der Waals surface area contributed by atoms with Crippen LogP contribution < -0.4 is 0 Å². The Kier molecular flexibility index (Phi) is 7.71. The van der Waals surface area contributed by atoms with Crippen molar-refractivity contribution in [1.29, 1.82) is 0 Å². The molecule has 0 atom stereocenters. The van der Waals surface area contributed by atoms with Crippen molar-refractivity contribution in [3.05, 3.63) is 35.9 Å². The quantitative estimate of drug-likeness (QED) is 0.737. The topological polar surface area (TPSA) is 26.8 Å². The van der Waals surface area contributed by atoms with Gasteiger partial charge in [0, 0.05) is 45.8 Å². The molecule has 150 valence electrons. The van der Waals surface area contributed by atoms with Crippen molar-refractivity contribution in [2.75, 3.05) is 52.4 Å². The van der Waals surface area contributed by atoms with E-state index in [0.29, 0.717) is 12.5 Å². The average molecular weight is 372 g/mol. The smallest absolute Gasteiger partial charge is 0.236 e. The first-order chi connectivity index (χ1) is 13.1. The maximum atomic E-state index is 12.7. The minimum Gasteiger partial charge on any atom is -0.342 e. The van der Waals surface area contributed by atoms with Crippen LogP contribution in [0.1, 0.15) is 38.7 Å². The Morgan fingerprint density at radius 3 is 2.22 bits per heavy atom. The van der Waals surface area contributed by atoms with E-state index in [9.17, 15) is 4.79 Å². The average Bonchev–Trinajstić information content (AvgIpc) is 2.69. The molecule has 2 heterocycles. The van der Waals surface area contributed by atoms with Gasteiger partial charge >= 0.3 is 0 Å². The van der Waals surface area contributed by atoms with E-state index < -0.39 is 0 Å². The van der Waals surface area contributed by atoms with E-state index in [1.165, 1.54) is 37.8 Å². The van der Waals surface area contributed by atoms with Gasteiger partial charge in [-0.1, -0.05) is 44.2 Å². The number of carbonyl (C=O) groups excluding carboxylic acids is 1. The first-order valence-corrected chi connectivity index (χ1v) is 10.9. The number of piperazine rings is 1. The number of benzene rings is 1. The van der Waals surface area contributed by atoms with E-state index in [1.807, 2.05) is 0 Å². The predicted octanol–water partition coefficient (Wildman–Crippen LogP) is 3.13. The van der Waals surface area contributed by atoms with Gasteiger partial charge in [-0.05, 0) is 43.1 Å². The molecule has 27 heavy (non-hydrogen) atoms. The van der Waals surface area contributed by atoms with Crippen molar-refractivity contribution < 1.29 is 4.79 Å². The van der Waals surface area contributed by atoms with Gasteiger partial charge in [-0.15, -0.1) is 0 Å². The molecular formula is C23H37N3O. The number of amides is 1. The molecule has 1 aromatic rings. The van der Waals surface area contributed by atoms with Gasteiger partial charge in [0.1, 0.15) is 0 Å². The number of hydrogen-bond donors (Lipinski definition) is 0. The normalized spacial score (nSPS) is 20.3. The number of aryl methyl sites for hydroxylation is 1. The number of likely N-dealkylation sites (tertiary alicyclic amines) is 1. The summed E-state index contributed by atoms with van der Waals surface area (Å²) < 4.78 is 0. The van der Waals surface area contributed by atoms with Crippen LogP contribution in [0, 0.1) is 11.8 Å². The van der Waals surface area contributed by atoms with Crippen LogP contribution in [0.25, 0.3) is 0 Å². The Morgan fingerprint density at radius 2 is 1.59 bits per heavy atom. The zero-order valence-corrected chi connectivity index (χ0v) is 17.3. The highest BCUT2D eigenvalue weighted by molar-refractivity contribution is 5.78. The number of nitrogens with zero attached hydrogens (tertiary/aromatic N) is 3. The molecule has 1 amide bonds. The highest BCUT2D eigenvalue weighted by Gasteiger charge is 2.25. The number of carbonyl (C=O) groups is 1. The Balaban J connectivity index is 1.33. The second kappa shape index (κ2) is 10.2. The van der Waals surface area contributed by atoms with E-state index in [2.05, 4.69) is 58.9 Å². The SMILES string of the molecule is CC(C)CN1CCN(CC(=O)N2CCC(CCc3ccccc3)CC2)CC1. The maximum absolute atomic E-state index is 12.7. The van der Waals surface area contributed by atoms with E-state index in [1.54, 1.807) is 0 Å². The lowest BCUT2D eigenvalue weighted by Crippen LogP contribution is -2.51. The lowest BCUT2D eigenvalue weighted by molar-refractivity contribution is -0.134. The van der Waals surface area contributed by atoms with E-state index >= 15 is 0 Å². The molecule has 0 aromatic heterocycles. The van der Waals surface area contributed by atoms with Crippen LogP contribution in [0.5, 0.6) is 0 Å². The van der Waals surface area contributed by atoms with E-state index in [4.69, 9.17) is 0 Å². The summed E-state index contributed by atoms with van der Waals surface area (Å²) in [5.41, 5.74) is 1.44. The van der Waals surface area contributed by atoms with Crippen LogP contribution in [0.2, 0.25) is 0 Å². The van der Waals surface area contributed by atoms with Gasteiger partial charge in [-0.25, -0.2) is 0 Å². The molecule has 0 saturated carbocycles. The predicted molar refractivity (Wildman–Crippen MR) is 112 cm³/mol. The van der Waals surface area contributed by atoms with Crippen LogP contribution in [-0.2, 0) is 11.2 Å². The summed E-state index contributed by atoms with van der Waals surface area (Å²) in [5, 5.41) is 0. The van der Waals surface area contributed by atoms with Crippen LogP contribution in [-0.4, -0.2) is 73.0 Å². The number of rotatable bonds is 7. The number of piperidine rings is 1. The lowest BCUT2D eigenvalue weighted by atomic mass is 9.90. The molecule has 0 radical (unpaired) electrons. The van der Waals surface area contributed by atoms with Crippen molar-refractivity contribution in [2.24, 2.45) is 11.8 Å². The van der Waals surface area contributed by atoms with Gasteiger partial charge in [-0.3, -0.25) is 9.69 Å². The Hall–Kier alpha value is -1.39. The number of hydrogen-bond acceptors (Lipinski definition) is 3. The summed E-state index contributed by atoms with van der Waals surface area (Å²) in [6, 6.07) is 10.8. The van der Waals surface area contributed by atoms with Gasteiger partial charge < -0.3 is 9.80 Å². The third-order valence-electron chi connectivity index (χ3n) is 6.10. The summed E-state index contributed by atoms with van der Waals surface area (Å²) in [5.74, 6) is 1.84. The molecule has 1 aromatic carbocycles. The summed E-state index contributed by atoms with van der Waals surface area (Å²) in [7, 11) is 0. The van der Waals surface area contributed by atoms with Crippen LogP contribution in [0.3, 0.4) is 0 Å². The van der Waals surface area contributed by atoms with Crippen LogP contribution in [0.4, 0.5) is 0 Å². The molecule has 0 bridgehead atoms. The second-order valence-electron chi connectivity index (χ2n) is 8.82. The van der Waals surface area contributed by atoms with Crippen LogP contribution in [0.15, 0.2) is 30.3 Å². The molecule has 0 N–H and O–H groups in total. The zero-order valence-electron chi connectivity index (χ0n) is 17.3. The third kappa shape index (κ3) is 6.62. The Bertz CT molecular complexity index is 558. The van der Waals surface area contributed by atoms with Crippen molar-refractivity contribution in [2.45, 2.75) is 39.5 Å². The molecule has 0 aliphatic carbocycles. The molecule has 2 fully saturated rings. The monoisotopic (exact) mass is 371 g/mol. The largest absolute Gasteiger partial charge is 0.342 e. The molecule has 4 heteroatoms. The van der Waals surface area contributed by atoms with Crippen molar-refractivity contribution in [3.63, 3.8) is 0 Å². The molecule has 2 aliphatic rings. The van der Waals surface area contributed by atoms with E-state index in [-0.39, 0.29) is 0 Å². The minimum absolute atomic E-state index is 0.341. The van der Waals surface area contributed by atoms with Crippen molar-refractivity contribution in [3.8, 4) is 0 Å². The molecule has 2 saturated heterocycles. The molecule has 3 rings (SSSR count). The Labute approximate surface area is 165 Å². The summed E-state index contributed by atoms with van der Waals surface area (Å²) in [6.45, 7) is 12.5. The van der Waals surface area contributed by atoms with Gasteiger partial charge in [0.15, 0.2) is 0 Å². The van der Waals surface area contributed by atoms with Gasteiger partial charge in [0.05, 0.1) is 6.54 Å². The minimum atomic E-state index is 0.341. The summed E-state index contributed by atoms with van der Waals surface area (Å²) in [4.78, 5) is 19.7. The Morgan fingerprint density at radius 1 is 0.963 bits per heavy atom. The molecule has 0 unspecified atom stereocenters. The fraction of sp³-hybridized carbons (Fsp3) is 0.696. The first-order valence-electron chi connectivity index (χ1n) is 10.9. The second-order valence-corrected chi connectivity index (χ2v) is 8.82. The molecule has 0 spiro atoms. The van der Waals surface area contributed by atoms with E-state index in [0.717, 1.165) is 51.1 Å². The standard InChI is InChI=1S/C23H37N3O/c1-20(2)18-24-14-16-25(17-15-24)19-23(27)26-12-10-22(11-13-26)9-8-21-6-4-3-5-7-21/h3-7,20,22H,8-19H2,1-2H3. The highest BCUT2D eigenvalue weighted by Crippen LogP contribution is 2.22. The fourth-order valence-electron chi connectivity index (χ4n) is 4.42. The van der Waals surface area contributed by atoms with Crippen molar-refractivity contribution >= 4 is 5.91 Å². The molecule has 2 aliphatic heterocycles. The summed E-state index contributed by atoms with van der Waals surface area (Å²) in [6.07, 6.45) is 4.76. The fourth-order valence-corrected chi connectivity index (χ4v) is 4.42. The molecule has 4 nitrogen and oxygen atoms in total. The highest BCUT2D eigenvalue weighted by atomic mass is 16.2. The first kappa shape index (κ1) is 20.3. The van der Waals surface area contributed by atoms with Crippen molar-refractivity contribution in [1.82, 2.24) is 14.7 Å². The summed E-state index contributed by atoms with van der Waals surface area (Å²) >= 11 is 0. The lowest BCUT2D eigenvalue weighted by Gasteiger charge is -2.37. The third-order valence-corrected chi connectivity index (χ3v) is 6.10. The van der Waals surface area contributed by atoms with Gasteiger partial charge in [-0.2, -0.15) is 0 Å². The van der Waals surface area contributed by atoms with Crippen LogP contribution >= 0.6 is 0 Å². The maximum Gasteiger partial charge on any atom is 0.236 e. The zero-order chi connectivity index (χ0) is 19.1. The van der Waals surface area contributed by atoms with Gasteiger partial charge in [0.2, 0.25) is 5.91 Å². The molecular weight excluding hydrogens is 334 g/mol. The van der Waals surface area contributed by atoms with Gasteiger partial charge in [0.25, 0.3) is 0 Å².